The maximum atomic E-state index is 15.1. The first kappa shape index (κ1) is 20.7. The van der Waals surface area contributed by atoms with Crippen LogP contribution < -0.4 is 11.1 Å². The smallest absolute Gasteiger partial charge is 0.345 e. The van der Waals surface area contributed by atoms with Crippen LogP contribution in [0.25, 0.3) is 5.52 Å². The van der Waals surface area contributed by atoms with Gasteiger partial charge in [0, 0.05) is 11.6 Å². The Hall–Kier alpha value is -2.01. The summed E-state index contributed by atoms with van der Waals surface area (Å²) in [5.41, 5.74) is 5.97. The van der Waals surface area contributed by atoms with Gasteiger partial charge in [-0.2, -0.15) is 13.8 Å². The zero-order valence-corrected chi connectivity index (χ0v) is 15.9. The zero-order chi connectivity index (χ0) is 20.3. The second kappa shape index (κ2) is 8.99. The standard InChI is InChI=1S/C16H16Cl2F3N5O2/c17-13-10(6-8(22)3-5-28-16(20)21)11(19)12-14(24-15(18)25-26(12)13)23-7-9-2-1-4-27-9/h1-2,4,8,16H,3,5-7,22H2,(H,23,24,25)/t8-/m0/s1. The van der Waals surface area contributed by atoms with Gasteiger partial charge in [-0.05, 0) is 36.6 Å². The van der Waals surface area contributed by atoms with Crippen LogP contribution >= 0.6 is 23.2 Å². The molecule has 0 aliphatic carbocycles. The molecule has 0 radical (unpaired) electrons. The maximum absolute atomic E-state index is 15.1. The SMILES string of the molecule is N[C@@H](CCOC(F)F)Cc1c(F)c2c(NCc3ccco3)nc(Cl)nn2c1Cl. The van der Waals surface area contributed by atoms with Crippen LogP contribution in [0.5, 0.6) is 0 Å². The molecular weight excluding hydrogens is 422 g/mol. The van der Waals surface area contributed by atoms with Gasteiger partial charge in [-0.15, -0.1) is 5.10 Å². The third-order valence-electron chi connectivity index (χ3n) is 3.94. The van der Waals surface area contributed by atoms with Crippen LogP contribution in [0.4, 0.5) is 19.0 Å². The summed E-state index contributed by atoms with van der Waals surface area (Å²) in [6.07, 6.45) is 1.60. The minimum atomic E-state index is -2.88. The highest BCUT2D eigenvalue weighted by Gasteiger charge is 2.24. The molecule has 0 unspecified atom stereocenters. The van der Waals surface area contributed by atoms with Gasteiger partial charge in [0.2, 0.25) is 5.28 Å². The Bertz CT molecular complexity index is 936. The Morgan fingerprint density at radius 1 is 1.36 bits per heavy atom. The highest BCUT2D eigenvalue weighted by molar-refractivity contribution is 6.31. The molecule has 3 heterocycles. The molecule has 3 aromatic rings. The van der Waals surface area contributed by atoms with Crippen LogP contribution in [0.3, 0.4) is 0 Å². The van der Waals surface area contributed by atoms with Crippen LogP contribution in [0.15, 0.2) is 22.8 Å². The summed E-state index contributed by atoms with van der Waals surface area (Å²) in [6.45, 7) is -2.91. The van der Waals surface area contributed by atoms with E-state index in [2.05, 4.69) is 20.1 Å². The van der Waals surface area contributed by atoms with Crippen molar-refractivity contribution in [2.45, 2.75) is 32.0 Å². The first-order chi connectivity index (χ1) is 13.4. The number of furan rings is 1. The topological polar surface area (TPSA) is 90.6 Å². The Morgan fingerprint density at radius 2 is 2.14 bits per heavy atom. The van der Waals surface area contributed by atoms with E-state index in [0.29, 0.717) is 5.76 Å². The first-order valence-corrected chi connectivity index (χ1v) is 8.96. The van der Waals surface area contributed by atoms with Gasteiger partial charge in [0.05, 0.1) is 19.4 Å². The molecule has 0 aliphatic rings. The molecule has 0 aliphatic heterocycles. The van der Waals surface area contributed by atoms with Gasteiger partial charge < -0.3 is 20.2 Å². The molecule has 3 aromatic heterocycles. The number of hydrogen-bond acceptors (Lipinski definition) is 6. The lowest BCUT2D eigenvalue weighted by Crippen LogP contribution is -2.25. The molecule has 28 heavy (non-hydrogen) atoms. The predicted molar refractivity (Wildman–Crippen MR) is 97.3 cm³/mol. The summed E-state index contributed by atoms with van der Waals surface area (Å²) in [7, 11) is 0. The Labute approximate surface area is 167 Å². The van der Waals surface area contributed by atoms with Crippen molar-refractivity contribution < 1.29 is 22.3 Å². The summed E-state index contributed by atoms with van der Waals surface area (Å²) in [4.78, 5) is 4.01. The third-order valence-corrected chi connectivity index (χ3v) is 4.49. The minimum absolute atomic E-state index is 0.00410. The maximum Gasteiger partial charge on any atom is 0.345 e. The number of nitrogens with two attached hydrogens (primary N) is 1. The molecule has 0 spiro atoms. The summed E-state index contributed by atoms with van der Waals surface area (Å²) in [6, 6.07) is 2.80. The lowest BCUT2D eigenvalue weighted by molar-refractivity contribution is -0.129. The molecule has 0 bridgehead atoms. The van der Waals surface area contributed by atoms with E-state index in [-0.39, 0.29) is 53.3 Å². The number of aromatic nitrogens is 3. The molecule has 3 rings (SSSR count). The van der Waals surface area contributed by atoms with Crippen molar-refractivity contribution in [3.63, 3.8) is 0 Å². The van der Waals surface area contributed by atoms with E-state index in [9.17, 15) is 8.78 Å². The number of anilines is 1. The second-order valence-corrected chi connectivity index (χ2v) is 6.59. The number of halogens is 5. The lowest BCUT2D eigenvalue weighted by atomic mass is 10.1. The minimum Gasteiger partial charge on any atom is -0.467 e. The van der Waals surface area contributed by atoms with Crippen molar-refractivity contribution in [2.75, 3.05) is 11.9 Å². The molecule has 1 atom stereocenters. The van der Waals surface area contributed by atoms with Crippen LogP contribution in [0, 0.1) is 5.82 Å². The summed E-state index contributed by atoms with van der Waals surface area (Å²) >= 11 is 12.2. The fraction of sp³-hybridized carbons (Fsp3) is 0.375. The largest absolute Gasteiger partial charge is 0.467 e. The van der Waals surface area contributed by atoms with Crippen LogP contribution in [0.1, 0.15) is 17.7 Å². The van der Waals surface area contributed by atoms with Crippen molar-refractivity contribution in [1.29, 1.82) is 0 Å². The summed E-state index contributed by atoms with van der Waals surface area (Å²) < 4.78 is 49.7. The molecule has 0 saturated carbocycles. The number of rotatable bonds is 9. The highest BCUT2D eigenvalue weighted by atomic mass is 35.5. The molecule has 7 nitrogen and oxygen atoms in total. The van der Waals surface area contributed by atoms with E-state index >= 15 is 4.39 Å². The number of nitrogens with zero attached hydrogens (tertiary/aromatic N) is 3. The lowest BCUT2D eigenvalue weighted by Gasteiger charge is -2.11. The normalized spacial score (nSPS) is 12.8. The van der Waals surface area contributed by atoms with Crippen LogP contribution in [-0.2, 0) is 17.7 Å². The second-order valence-electron chi connectivity index (χ2n) is 5.89. The molecule has 0 aromatic carbocycles. The average molecular weight is 438 g/mol. The van der Waals surface area contributed by atoms with Crippen molar-refractivity contribution >= 4 is 34.5 Å². The summed E-state index contributed by atoms with van der Waals surface area (Å²) in [5.74, 6) is 0.0534. The van der Waals surface area contributed by atoms with Gasteiger partial charge in [0.15, 0.2) is 11.6 Å². The van der Waals surface area contributed by atoms with Gasteiger partial charge in [-0.3, -0.25) is 0 Å². The van der Waals surface area contributed by atoms with E-state index in [4.69, 9.17) is 33.4 Å². The zero-order valence-electron chi connectivity index (χ0n) is 14.3. The molecular formula is C16H16Cl2F3N5O2. The quantitative estimate of drug-likeness (QED) is 0.527. The summed E-state index contributed by atoms with van der Waals surface area (Å²) in [5, 5.41) is 6.68. The Balaban J connectivity index is 1.85. The number of ether oxygens (including phenoxy) is 1. The van der Waals surface area contributed by atoms with Gasteiger partial charge >= 0.3 is 6.61 Å². The average Bonchev–Trinajstić information content (AvgIpc) is 3.23. The van der Waals surface area contributed by atoms with Crippen LogP contribution in [0.2, 0.25) is 10.4 Å². The number of alkyl halides is 2. The fourth-order valence-electron chi connectivity index (χ4n) is 2.65. The van der Waals surface area contributed by atoms with E-state index < -0.39 is 18.5 Å². The van der Waals surface area contributed by atoms with Crippen molar-refractivity contribution in [2.24, 2.45) is 5.73 Å². The number of hydrogen-bond donors (Lipinski definition) is 2. The molecule has 0 saturated heterocycles. The fourth-order valence-corrected chi connectivity index (χ4v) is 3.10. The molecule has 3 N–H and O–H groups in total. The first-order valence-electron chi connectivity index (χ1n) is 8.20. The number of fused-ring (bicyclic) bond motifs is 1. The van der Waals surface area contributed by atoms with Crippen LogP contribution in [-0.4, -0.2) is 33.9 Å². The van der Waals surface area contributed by atoms with Gasteiger partial charge in [0.1, 0.15) is 16.4 Å². The van der Waals surface area contributed by atoms with Gasteiger partial charge in [0.25, 0.3) is 0 Å². The predicted octanol–water partition coefficient (Wildman–Crippen LogP) is 3.88. The monoisotopic (exact) mass is 437 g/mol. The number of nitrogens with one attached hydrogen (secondary N) is 1. The van der Waals surface area contributed by atoms with E-state index in [1.165, 1.54) is 6.26 Å². The molecule has 0 amide bonds. The van der Waals surface area contributed by atoms with Gasteiger partial charge in [-0.25, -0.2) is 8.91 Å². The Morgan fingerprint density at radius 3 is 2.82 bits per heavy atom. The van der Waals surface area contributed by atoms with Gasteiger partial charge in [-0.1, -0.05) is 11.6 Å². The molecule has 152 valence electrons. The van der Waals surface area contributed by atoms with Crippen molar-refractivity contribution in [3.05, 3.63) is 46.0 Å². The van der Waals surface area contributed by atoms with Crippen molar-refractivity contribution in [3.8, 4) is 0 Å². The Kier molecular flexibility index (Phi) is 6.65. The van der Waals surface area contributed by atoms with E-state index in [1.54, 1.807) is 12.1 Å². The van der Waals surface area contributed by atoms with Crippen molar-refractivity contribution in [1.82, 2.24) is 14.6 Å². The molecule has 0 fully saturated rings. The highest BCUT2D eigenvalue weighted by Crippen LogP contribution is 2.31. The third kappa shape index (κ3) is 4.69. The van der Waals surface area contributed by atoms with E-state index in [1.807, 2.05) is 0 Å². The molecule has 12 heteroatoms. The van der Waals surface area contributed by atoms with E-state index in [0.717, 1.165) is 4.52 Å².